The van der Waals surface area contributed by atoms with E-state index >= 15 is 0 Å². The van der Waals surface area contributed by atoms with Gasteiger partial charge in [-0.1, -0.05) is 0 Å². The van der Waals surface area contributed by atoms with Crippen LogP contribution in [0, 0.1) is 10.1 Å². The number of carboxylic acid groups (broad SMARTS) is 1. The fraction of sp³-hybridized carbons (Fsp3) is 0.438. The Morgan fingerprint density at radius 3 is 2.18 bits per heavy atom. The van der Waals surface area contributed by atoms with Crippen LogP contribution in [-0.2, 0) is 28.5 Å². The summed E-state index contributed by atoms with van der Waals surface area (Å²) in [6, 6.07) is 4.95. The number of non-ortho nitro benzene ring substituents is 1. The van der Waals surface area contributed by atoms with E-state index in [1.54, 1.807) is 0 Å². The molecule has 1 aromatic rings. The molecular weight excluding hydrogens is 382 g/mol. The molecule has 4 unspecified atom stereocenters. The van der Waals surface area contributed by atoms with Gasteiger partial charge in [-0.05, 0) is 12.1 Å². The average molecular weight is 399 g/mol. The Hall–Kier alpha value is -3.41. The number of hydrogen-bond donors (Lipinski definition) is 1. The van der Waals surface area contributed by atoms with Gasteiger partial charge in [0.1, 0.15) is 5.75 Å². The minimum absolute atomic E-state index is 0.132. The largest absolute Gasteiger partial charge is 0.506 e. The van der Waals surface area contributed by atoms with E-state index in [0.29, 0.717) is 0 Å². The lowest BCUT2D eigenvalue weighted by molar-refractivity contribution is -0.384. The summed E-state index contributed by atoms with van der Waals surface area (Å²) in [6.07, 6.45) is -6.99. The van der Waals surface area contributed by atoms with Crippen LogP contribution >= 0.6 is 0 Å². The quantitative estimate of drug-likeness (QED) is 0.317. The Balaban J connectivity index is 2.25. The summed E-state index contributed by atoms with van der Waals surface area (Å²) in [5.74, 6) is -1.37. The number of nitrogens with zero attached hydrogens (tertiary/aromatic N) is 1. The second-order valence-electron chi connectivity index (χ2n) is 5.64. The van der Waals surface area contributed by atoms with Gasteiger partial charge >= 0.3 is 18.1 Å². The summed E-state index contributed by atoms with van der Waals surface area (Å²) in [6.45, 7) is 1.89. The highest BCUT2D eigenvalue weighted by Gasteiger charge is 2.48. The van der Waals surface area contributed by atoms with Crippen LogP contribution in [0.4, 0.5) is 10.5 Å². The van der Waals surface area contributed by atoms with Crippen LogP contribution in [0.5, 0.6) is 5.75 Å². The molecule has 1 fully saturated rings. The lowest BCUT2D eigenvalue weighted by Gasteiger charge is -2.39. The van der Waals surface area contributed by atoms with Gasteiger partial charge < -0.3 is 28.8 Å². The Kier molecular flexibility index (Phi) is 6.71. The van der Waals surface area contributed by atoms with E-state index in [-0.39, 0.29) is 18.0 Å². The Labute approximate surface area is 158 Å². The van der Waals surface area contributed by atoms with Crippen LogP contribution in [0.25, 0.3) is 0 Å². The van der Waals surface area contributed by atoms with Gasteiger partial charge in [-0.25, -0.2) is 4.79 Å². The third-order valence-corrected chi connectivity index (χ3v) is 3.54. The van der Waals surface area contributed by atoms with Crippen molar-refractivity contribution in [2.45, 2.75) is 38.4 Å². The fourth-order valence-electron chi connectivity index (χ4n) is 2.52. The standard InChI is InChI=1S/C16H17NO11/c1-8(18)25-12-7-24-15(14(26-9(2)19)13(12)28-16(20)21)27-11-5-3-10(4-6-11)17(22)23/h3-6,12-15H,7H2,1-2H3,(H,20,21). The smallest absolute Gasteiger partial charge is 0.461 e. The number of esters is 2. The van der Waals surface area contributed by atoms with Crippen molar-refractivity contribution in [3.05, 3.63) is 34.4 Å². The first-order valence-corrected chi connectivity index (χ1v) is 7.94. The number of carbonyl (C=O) groups is 3. The van der Waals surface area contributed by atoms with Crippen molar-refractivity contribution >= 4 is 23.8 Å². The third-order valence-electron chi connectivity index (χ3n) is 3.54. The van der Waals surface area contributed by atoms with E-state index in [1.807, 2.05) is 0 Å². The highest BCUT2D eigenvalue weighted by molar-refractivity contribution is 5.67. The zero-order valence-corrected chi connectivity index (χ0v) is 14.8. The Morgan fingerprint density at radius 1 is 1.07 bits per heavy atom. The molecule has 0 aliphatic carbocycles. The van der Waals surface area contributed by atoms with Gasteiger partial charge in [-0.2, -0.15) is 0 Å². The molecule has 4 atom stereocenters. The SMILES string of the molecule is CC(=O)OC1COC(Oc2ccc([N+](=O)[O-])cc2)C(OC(C)=O)C1OC(=O)O. The summed E-state index contributed by atoms with van der Waals surface area (Å²) >= 11 is 0. The average Bonchev–Trinajstić information content (AvgIpc) is 2.59. The van der Waals surface area contributed by atoms with Crippen LogP contribution in [0.3, 0.4) is 0 Å². The van der Waals surface area contributed by atoms with E-state index in [4.69, 9.17) is 28.8 Å². The molecule has 0 saturated carbocycles. The first-order valence-electron chi connectivity index (χ1n) is 7.94. The molecule has 1 aromatic carbocycles. The lowest BCUT2D eigenvalue weighted by atomic mass is 10.0. The molecular formula is C16H17NO11. The normalized spacial score (nSPS) is 23.9. The molecule has 0 aromatic heterocycles. The Bertz CT molecular complexity index is 747. The van der Waals surface area contributed by atoms with Gasteiger partial charge in [0, 0.05) is 26.0 Å². The predicted octanol–water partition coefficient (Wildman–Crippen LogP) is 1.26. The van der Waals surface area contributed by atoms with Crippen molar-refractivity contribution in [1.82, 2.24) is 0 Å². The van der Waals surface area contributed by atoms with Gasteiger partial charge in [-0.3, -0.25) is 19.7 Å². The second kappa shape index (κ2) is 8.99. The maximum Gasteiger partial charge on any atom is 0.506 e. The van der Waals surface area contributed by atoms with Gasteiger partial charge in [0.2, 0.25) is 12.4 Å². The minimum atomic E-state index is -1.68. The van der Waals surface area contributed by atoms with E-state index in [2.05, 4.69) is 0 Å². The fourth-order valence-corrected chi connectivity index (χ4v) is 2.52. The minimum Gasteiger partial charge on any atom is -0.461 e. The number of nitro benzene ring substituents is 1. The van der Waals surface area contributed by atoms with Gasteiger partial charge in [0.25, 0.3) is 5.69 Å². The molecule has 28 heavy (non-hydrogen) atoms. The van der Waals surface area contributed by atoms with E-state index < -0.39 is 47.6 Å². The molecule has 1 aliphatic rings. The molecule has 1 N–H and O–H groups in total. The van der Waals surface area contributed by atoms with Crippen molar-refractivity contribution < 1.29 is 48.1 Å². The number of ether oxygens (including phenoxy) is 5. The monoisotopic (exact) mass is 399 g/mol. The molecule has 12 nitrogen and oxygen atoms in total. The van der Waals surface area contributed by atoms with E-state index in [9.17, 15) is 24.5 Å². The summed E-state index contributed by atoms with van der Waals surface area (Å²) in [4.78, 5) is 43.9. The first kappa shape index (κ1) is 20.9. The maximum absolute atomic E-state index is 11.5. The first-order chi connectivity index (χ1) is 13.2. The molecule has 1 aliphatic heterocycles. The van der Waals surface area contributed by atoms with Crippen LogP contribution in [-0.4, -0.2) is 59.3 Å². The summed E-state index contributed by atoms with van der Waals surface area (Å²) in [5.41, 5.74) is -0.171. The molecule has 0 spiro atoms. The number of rotatable bonds is 6. The van der Waals surface area contributed by atoms with Crippen molar-refractivity contribution in [1.29, 1.82) is 0 Å². The molecule has 0 bridgehead atoms. The summed E-state index contributed by atoms with van der Waals surface area (Å²) in [5, 5.41) is 19.7. The number of hydrogen-bond acceptors (Lipinski definition) is 10. The molecule has 1 heterocycles. The van der Waals surface area contributed by atoms with Crippen LogP contribution in [0.2, 0.25) is 0 Å². The zero-order chi connectivity index (χ0) is 20.8. The molecule has 12 heteroatoms. The molecule has 0 radical (unpaired) electrons. The van der Waals surface area contributed by atoms with E-state index in [1.165, 1.54) is 24.3 Å². The third kappa shape index (κ3) is 5.54. The highest BCUT2D eigenvalue weighted by atomic mass is 16.7. The molecule has 152 valence electrons. The predicted molar refractivity (Wildman–Crippen MR) is 87.5 cm³/mol. The molecule has 1 saturated heterocycles. The lowest BCUT2D eigenvalue weighted by Crippen LogP contribution is -2.59. The topological polar surface area (TPSA) is 161 Å². The molecule has 2 rings (SSSR count). The van der Waals surface area contributed by atoms with Crippen LogP contribution in [0.1, 0.15) is 13.8 Å². The van der Waals surface area contributed by atoms with Crippen molar-refractivity contribution in [3.63, 3.8) is 0 Å². The molecule has 0 amide bonds. The maximum atomic E-state index is 11.5. The van der Waals surface area contributed by atoms with Crippen LogP contribution < -0.4 is 4.74 Å². The zero-order valence-electron chi connectivity index (χ0n) is 14.8. The number of carbonyl (C=O) groups excluding carboxylic acids is 2. The summed E-state index contributed by atoms with van der Waals surface area (Å²) in [7, 11) is 0. The summed E-state index contributed by atoms with van der Waals surface area (Å²) < 4.78 is 25.8. The van der Waals surface area contributed by atoms with E-state index in [0.717, 1.165) is 13.8 Å². The number of nitro groups is 1. The van der Waals surface area contributed by atoms with Crippen molar-refractivity contribution in [2.75, 3.05) is 6.61 Å². The van der Waals surface area contributed by atoms with Crippen LogP contribution in [0.15, 0.2) is 24.3 Å². The Morgan fingerprint density at radius 2 is 1.68 bits per heavy atom. The highest BCUT2D eigenvalue weighted by Crippen LogP contribution is 2.27. The second-order valence-corrected chi connectivity index (χ2v) is 5.64. The van der Waals surface area contributed by atoms with Crippen molar-refractivity contribution in [2.24, 2.45) is 0 Å². The van der Waals surface area contributed by atoms with Crippen molar-refractivity contribution in [3.8, 4) is 5.75 Å². The van der Waals surface area contributed by atoms with Gasteiger partial charge in [0.05, 0.1) is 11.5 Å². The van der Waals surface area contributed by atoms with Gasteiger partial charge in [0.15, 0.2) is 12.2 Å². The van der Waals surface area contributed by atoms with Gasteiger partial charge in [-0.15, -0.1) is 0 Å². The number of benzene rings is 1.